The summed E-state index contributed by atoms with van der Waals surface area (Å²) in [7, 11) is 0. The Labute approximate surface area is 90.7 Å². The van der Waals surface area contributed by atoms with Crippen LogP contribution < -0.4 is 0 Å². The Bertz CT molecular complexity index is 308. The molecule has 0 saturated carbocycles. The maximum absolute atomic E-state index is 8.87. The van der Waals surface area contributed by atoms with E-state index in [4.69, 9.17) is 9.52 Å². The van der Waals surface area contributed by atoms with Gasteiger partial charge < -0.3 is 9.52 Å². The lowest BCUT2D eigenvalue weighted by Crippen LogP contribution is -2.20. The van der Waals surface area contributed by atoms with Crippen molar-refractivity contribution in [2.75, 3.05) is 19.7 Å². The van der Waals surface area contributed by atoms with Crippen LogP contribution in [0.4, 0.5) is 0 Å². The van der Waals surface area contributed by atoms with Crippen molar-refractivity contribution in [3.05, 3.63) is 23.7 Å². The summed E-state index contributed by atoms with van der Waals surface area (Å²) in [6.45, 7) is 5.43. The van der Waals surface area contributed by atoms with E-state index in [1.165, 1.54) is 6.42 Å². The molecule has 1 aliphatic heterocycles. The minimum absolute atomic E-state index is 0.318. The fraction of sp³-hybridized carbons (Fsp3) is 0.667. The van der Waals surface area contributed by atoms with Crippen LogP contribution in [0.5, 0.6) is 0 Å². The highest BCUT2D eigenvalue weighted by atomic mass is 16.3. The van der Waals surface area contributed by atoms with Crippen LogP contribution in [0.2, 0.25) is 0 Å². The topological polar surface area (TPSA) is 36.6 Å². The first-order chi connectivity index (χ1) is 7.28. The molecule has 0 aliphatic carbocycles. The van der Waals surface area contributed by atoms with Crippen molar-refractivity contribution in [2.45, 2.75) is 26.3 Å². The van der Waals surface area contributed by atoms with Gasteiger partial charge >= 0.3 is 0 Å². The highest BCUT2D eigenvalue weighted by Gasteiger charge is 2.22. The summed E-state index contributed by atoms with van der Waals surface area (Å²) in [6.07, 6.45) is 2.15. The molecule has 0 spiro atoms. The van der Waals surface area contributed by atoms with Crippen molar-refractivity contribution >= 4 is 0 Å². The lowest BCUT2D eigenvalue weighted by atomic mass is 10.1. The Morgan fingerprint density at radius 2 is 2.40 bits per heavy atom. The van der Waals surface area contributed by atoms with Crippen molar-refractivity contribution in [1.82, 2.24) is 4.90 Å². The lowest BCUT2D eigenvalue weighted by molar-refractivity contribution is 0.243. The van der Waals surface area contributed by atoms with Crippen LogP contribution in [-0.2, 0) is 6.54 Å². The molecule has 3 nitrogen and oxygen atoms in total. The van der Waals surface area contributed by atoms with E-state index in [0.717, 1.165) is 37.6 Å². The number of hydrogen-bond acceptors (Lipinski definition) is 3. The molecule has 1 aromatic rings. The summed E-state index contributed by atoms with van der Waals surface area (Å²) in [5, 5.41) is 8.87. The van der Waals surface area contributed by atoms with Gasteiger partial charge in [0, 0.05) is 13.2 Å². The summed E-state index contributed by atoms with van der Waals surface area (Å²) in [5.74, 6) is 2.71. The van der Waals surface area contributed by atoms with Gasteiger partial charge in [-0.15, -0.1) is 0 Å². The number of furan rings is 1. The van der Waals surface area contributed by atoms with Crippen LogP contribution in [0.25, 0.3) is 0 Å². The predicted octanol–water partition coefficient (Wildman–Crippen LogP) is 1.79. The van der Waals surface area contributed by atoms with E-state index in [9.17, 15) is 0 Å². The highest BCUT2D eigenvalue weighted by Crippen LogP contribution is 2.21. The van der Waals surface area contributed by atoms with E-state index in [-0.39, 0.29) is 0 Å². The van der Waals surface area contributed by atoms with E-state index in [1.54, 1.807) is 0 Å². The Hall–Kier alpha value is -0.800. The maximum Gasteiger partial charge on any atom is 0.118 e. The Morgan fingerprint density at radius 3 is 3.07 bits per heavy atom. The first-order valence-electron chi connectivity index (χ1n) is 5.66. The molecule has 1 N–H and O–H groups in total. The average molecular weight is 209 g/mol. The lowest BCUT2D eigenvalue weighted by Gasteiger charge is -2.13. The molecule has 1 saturated heterocycles. The van der Waals surface area contributed by atoms with Crippen molar-refractivity contribution in [3.8, 4) is 0 Å². The molecule has 0 bridgehead atoms. The molecule has 2 heterocycles. The normalized spacial score (nSPS) is 22.4. The number of aryl methyl sites for hydroxylation is 1. The van der Waals surface area contributed by atoms with Gasteiger partial charge in [-0.05, 0) is 44.4 Å². The second-order valence-electron chi connectivity index (χ2n) is 4.41. The third kappa shape index (κ3) is 2.83. The van der Waals surface area contributed by atoms with Gasteiger partial charge in [-0.2, -0.15) is 0 Å². The Balaban J connectivity index is 1.82. The molecule has 0 radical (unpaired) electrons. The summed E-state index contributed by atoms with van der Waals surface area (Å²) in [4.78, 5) is 2.40. The first-order valence-corrected chi connectivity index (χ1v) is 5.66. The van der Waals surface area contributed by atoms with Gasteiger partial charge in [0.05, 0.1) is 6.54 Å². The van der Waals surface area contributed by atoms with Gasteiger partial charge in [-0.3, -0.25) is 4.90 Å². The molecule has 1 aliphatic rings. The number of aliphatic hydroxyl groups excluding tert-OH is 1. The van der Waals surface area contributed by atoms with Crippen LogP contribution in [0.1, 0.15) is 24.4 Å². The van der Waals surface area contributed by atoms with Crippen molar-refractivity contribution in [3.63, 3.8) is 0 Å². The van der Waals surface area contributed by atoms with E-state index in [0.29, 0.717) is 12.5 Å². The number of nitrogens with zero attached hydrogens (tertiary/aromatic N) is 1. The molecule has 2 rings (SSSR count). The van der Waals surface area contributed by atoms with E-state index >= 15 is 0 Å². The molecule has 3 heteroatoms. The van der Waals surface area contributed by atoms with E-state index in [1.807, 2.05) is 13.0 Å². The monoisotopic (exact) mass is 209 g/mol. The van der Waals surface area contributed by atoms with Crippen LogP contribution in [0, 0.1) is 12.8 Å². The number of likely N-dealkylation sites (tertiary alicyclic amines) is 1. The second-order valence-corrected chi connectivity index (χ2v) is 4.41. The van der Waals surface area contributed by atoms with Gasteiger partial charge in [0.15, 0.2) is 0 Å². The number of hydrogen-bond donors (Lipinski definition) is 1. The highest BCUT2D eigenvalue weighted by molar-refractivity contribution is 5.05. The summed E-state index contributed by atoms with van der Waals surface area (Å²) in [6, 6.07) is 4.06. The van der Waals surface area contributed by atoms with Crippen molar-refractivity contribution in [1.29, 1.82) is 0 Å². The molecule has 15 heavy (non-hydrogen) atoms. The molecular formula is C12H19NO2. The van der Waals surface area contributed by atoms with Crippen LogP contribution in [-0.4, -0.2) is 29.7 Å². The van der Waals surface area contributed by atoms with Gasteiger partial charge in [0.1, 0.15) is 11.5 Å². The summed E-state index contributed by atoms with van der Waals surface area (Å²) in [5.41, 5.74) is 0. The third-order valence-corrected chi connectivity index (χ3v) is 3.08. The second kappa shape index (κ2) is 4.81. The van der Waals surface area contributed by atoms with Crippen molar-refractivity contribution in [2.24, 2.45) is 5.92 Å². The minimum atomic E-state index is 0.318. The number of aliphatic hydroxyl groups is 1. The van der Waals surface area contributed by atoms with Gasteiger partial charge in [0.25, 0.3) is 0 Å². The third-order valence-electron chi connectivity index (χ3n) is 3.08. The SMILES string of the molecule is Cc1ccc(CN2CCC(CCO)C2)o1. The van der Waals surface area contributed by atoms with E-state index < -0.39 is 0 Å². The van der Waals surface area contributed by atoms with Crippen LogP contribution >= 0.6 is 0 Å². The molecule has 1 atom stereocenters. The molecule has 1 aromatic heterocycles. The quantitative estimate of drug-likeness (QED) is 0.821. The molecule has 1 unspecified atom stereocenters. The zero-order valence-electron chi connectivity index (χ0n) is 9.28. The zero-order valence-corrected chi connectivity index (χ0v) is 9.28. The molecule has 0 amide bonds. The summed E-state index contributed by atoms with van der Waals surface area (Å²) < 4.78 is 5.55. The Morgan fingerprint density at radius 1 is 1.53 bits per heavy atom. The van der Waals surface area contributed by atoms with Crippen molar-refractivity contribution < 1.29 is 9.52 Å². The average Bonchev–Trinajstić information content (AvgIpc) is 2.78. The molecule has 0 aromatic carbocycles. The smallest absolute Gasteiger partial charge is 0.118 e. The summed E-state index contributed by atoms with van der Waals surface area (Å²) >= 11 is 0. The fourth-order valence-electron chi connectivity index (χ4n) is 2.27. The van der Waals surface area contributed by atoms with Crippen LogP contribution in [0.15, 0.2) is 16.5 Å². The number of rotatable bonds is 4. The molecular weight excluding hydrogens is 190 g/mol. The predicted molar refractivity (Wildman–Crippen MR) is 58.5 cm³/mol. The van der Waals surface area contributed by atoms with Gasteiger partial charge in [-0.25, -0.2) is 0 Å². The van der Waals surface area contributed by atoms with Crippen LogP contribution in [0.3, 0.4) is 0 Å². The first kappa shape index (κ1) is 10.7. The Kier molecular flexibility index (Phi) is 3.44. The largest absolute Gasteiger partial charge is 0.465 e. The maximum atomic E-state index is 8.87. The van der Waals surface area contributed by atoms with E-state index in [2.05, 4.69) is 11.0 Å². The van der Waals surface area contributed by atoms with Gasteiger partial charge in [0.2, 0.25) is 0 Å². The zero-order chi connectivity index (χ0) is 10.7. The van der Waals surface area contributed by atoms with Gasteiger partial charge in [-0.1, -0.05) is 0 Å². The minimum Gasteiger partial charge on any atom is -0.465 e. The molecule has 84 valence electrons. The molecule has 1 fully saturated rings. The fourth-order valence-corrected chi connectivity index (χ4v) is 2.27. The standard InChI is InChI=1S/C12H19NO2/c1-10-2-3-12(15-10)9-13-6-4-11(8-13)5-7-14/h2-3,11,14H,4-9H2,1H3.